The SMILES string of the molecule is CCNc1cc(NCCCOCCO)nc(C(C)C)n1. The molecule has 0 atom stereocenters. The molecule has 0 saturated carbocycles. The van der Waals surface area contributed by atoms with Crippen LogP contribution in [0.3, 0.4) is 0 Å². The highest BCUT2D eigenvalue weighted by atomic mass is 16.5. The molecule has 1 rings (SSSR count). The molecule has 0 saturated heterocycles. The summed E-state index contributed by atoms with van der Waals surface area (Å²) in [6.45, 7) is 8.93. The molecule has 6 nitrogen and oxygen atoms in total. The standard InChI is InChI=1S/C14H26N4O2/c1-4-15-12-10-13(18-14(17-12)11(2)3)16-6-5-8-20-9-7-19/h10-11,19H,4-9H2,1-3H3,(H2,15,16,17,18). The smallest absolute Gasteiger partial charge is 0.135 e. The van der Waals surface area contributed by atoms with E-state index in [1.54, 1.807) is 0 Å². The zero-order valence-electron chi connectivity index (χ0n) is 12.6. The molecule has 0 aliphatic heterocycles. The Balaban J connectivity index is 2.50. The first-order chi connectivity index (χ1) is 9.67. The van der Waals surface area contributed by atoms with Crippen molar-refractivity contribution in [1.29, 1.82) is 0 Å². The second-order valence-corrected chi connectivity index (χ2v) is 4.80. The first-order valence-corrected chi connectivity index (χ1v) is 7.22. The number of hydrogen-bond donors (Lipinski definition) is 3. The van der Waals surface area contributed by atoms with Crippen LogP contribution in [0.15, 0.2) is 6.07 Å². The normalized spacial score (nSPS) is 10.8. The Labute approximate surface area is 121 Å². The summed E-state index contributed by atoms with van der Waals surface area (Å²) in [7, 11) is 0. The number of aliphatic hydroxyl groups is 1. The van der Waals surface area contributed by atoms with Crippen LogP contribution < -0.4 is 10.6 Å². The minimum atomic E-state index is 0.0726. The summed E-state index contributed by atoms with van der Waals surface area (Å²) in [6, 6.07) is 1.92. The van der Waals surface area contributed by atoms with Crippen LogP contribution in [0.4, 0.5) is 11.6 Å². The molecule has 1 heterocycles. The Morgan fingerprint density at radius 2 is 1.90 bits per heavy atom. The predicted octanol–water partition coefficient (Wildman–Crippen LogP) is 1.84. The van der Waals surface area contributed by atoms with Crippen molar-refractivity contribution in [3.05, 3.63) is 11.9 Å². The fourth-order valence-corrected chi connectivity index (χ4v) is 1.64. The van der Waals surface area contributed by atoms with Crippen LogP contribution in [0.25, 0.3) is 0 Å². The topological polar surface area (TPSA) is 79.3 Å². The van der Waals surface area contributed by atoms with Crippen LogP contribution in [0.1, 0.15) is 38.9 Å². The molecule has 114 valence electrons. The van der Waals surface area contributed by atoms with Crippen LogP contribution in [-0.2, 0) is 4.74 Å². The predicted molar refractivity (Wildman–Crippen MR) is 81.3 cm³/mol. The molecule has 0 fully saturated rings. The molecular weight excluding hydrogens is 256 g/mol. The monoisotopic (exact) mass is 282 g/mol. The van der Waals surface area contributed by atoms with Gasteiger partial charge >= 0.3 is 0 Å². The van der Waals surface area contributed by atoms with Gasteiger partial charge in [0.15, 0.2) is 0 Å². The van der Waals surface area contributed by atoms with Gasteiger partial charge in [-0.3, -0.25) is 0 Å². The van der Waals surface area contributed by atoms with E-state index in [0.29, 0.717) is 19.1 Å². The van der Waals surface area contributed by atoms with Crippen LogP contribution in [0, 0.1) is 0 Å². The number of rotatable bonds is 10. The first kappa shape index (κ1) is 16.7. The summed E-state index contributed by atoms with van der Waals surface area (Å²) in [5.74, 6) is 2.82. The lowest BCUT2D eigenvalue weighted by Gasteiger charge is -2.12. The number of ether oxygens (including phenoxy) is 1. The zero-order chi connectivity index (χ0) is 14.8. The molecule has 0 bridgehead atoms. The van der Waals surface area contributed by atoms with Crippen molar-refractivity contribution in [3.8, 4) is 0 Å². The lowest BCUT2D eigenvalue weighted by atomic mass is 10.2. The molecular formula is C14H26N4O2. The minimum absolute atomic E-state index is 0.0726. The highest BCUT2D eigenvalue weighted by molar-refractivity contribution is 5.47. The quantitative estimate of drug-likeness (QED) is 0.568. The number of aromatic nitrogens is 2. The van der Waals surface area contributed by atoms with Gasteiger partial charge in [-0.05, 0) is 13.3 Å². The van der Waals surface area contributed by atoms with Gasteiger partial charge in [0.1, 0.15) is 17.5 Å². The van der Waals surface area contributed by atoms with Gasteiger partial charge in [0.05, 0.1) is 13.2 Å². The number of anilines is 2. The van der Waals surface area contributed by atoms with E-state index in [9.17, 15) is 0 Å². The molecule has 1 aromatic rings. The Morgan fingerprint density at radius 3 is 2.50 bits per heavy atom. The van der Waals surface area contributed by atoms with Crippen molar-refractivity contribution in [2.75, 3.05) is 43.5 Å². The Bertz CT molecular complexity index is 385. The Hall–Kier alpha value is -1.40. The maximum atomic E-state index is 8.60. The fourth-order valence-electron chi connectivity index (χ4n) is 1.64. The molecule has 0 aliphatic rings. The maximum Gasteiger partial charge on any atom is 0.135 e. The molecule has 0 aromatic carbocycles. The molecule has 0 amide bonds. The van der Waals surface area contributed by atoms with Crippen molar-refractivity contribution >= 4 is 11.6 Å². The third-order valence-electron chi connectivity index (χ3n) is 2.62. The van der Waals surface area contributed by atoms with E-state index >= 15 is 0 Å². The maximum absolute atomic E-state index is 8.60. The number of nitrogens with zero attached hydrogens (tertiary/aromatic N) is 2. The van der Waals surface area contributed by atoms with E-state index in [4.69, 9.17) is 9.84 Å². The Morgan fingerprint density at radius 1 is 1.20 bits per heavy atom. The molecule has 1 aromatic heterocycles. The van der Waals surface area contributed by atoms with E-state index in [2.05, 4.69) is 34.4 Å². The number of nitrogens with one attached hydrogen (secondary N) is 2. The van der Waals surface area contributed by atoms with Gasteiger partial charge in [-0.15, -0.1) is 0 Å². The molecule has 6 heteroatoms. The largest absolute Gasteiger partial charge is 0.394 e. The first-order valence-electron chi connectivity index (χ1n) is 7.22. The third-order valence-corrected chi connectivity index (χ3v) is 2.62. The van der Waals surface area contributed by atoms with Gasteiger partial charge in [-0.2, -0.15) is 0 Å². The fraction of sp³-hybridized carbons (Fsp3) is 0.714. The highest BCUT2D eigenvalue weighted by Crippen LogP contribution is 2.16. The summed E-state index contributed by atoms with van der Waals surface area (Å²) in [5.41, 5.74) is 0. The lowest BCUT2D eigenvalue weighted by molar-refractivity contribution is 0.0922. The molecule has 3 N–H and O–H groups in total. The summed E-state index contributed by atoms with van der Waals surface area (Å²) in [6.07, 6.45) is 0.873. The van der Waals surface area contributed by atoms with Crippen molar-refractivity contribution in [3.63, 3.8) is 0 Å². The van der Waals surface area contributed by atoms with E-state index in [0.717, 1.165) is 37.0 Å². The van der Waals surface area contributed by atoms with Gasteiger partial charge in [0.2, 0.25) is 0 Å². The molecule has 0 aliphatic carbocycles. The van der Waals surface area contributed by atoms with Crippen molar-refractivity contribution < 1.29 is 9.84 Å². The lowest BCUT2D eigenvalue weighted by Crippen LogP contribution is -2.11. The third kappa shape index (κ3) is 6.16. The van der Waals surface area contributed by atoms with Crippen molar-refractivity contribution in [2.45, 2.75) is 33.1 Å². The molecule has 0 radical (unpaired) electrons. The van der Waals surface area contributed by atoms with Gasteiger partial charge in [-0.1, -0.05) is 13.8 Å². The second kappa shape index (κ2) is 9.50. The summed E-state index contributed by atoms with van der Waals surface area (Å²) in [4.78, 5) is 8.98. The van der Waals surface area contributed by atoms with Gasteiger partial charge in [0.25, 0.3) is 0 Å². The van der Waals surface area contributed by atoms with Crippen molar-refractivity contribution in [1.82, 2.24) is 9.97 Å². The average molecular weight is 282 g/mol. The van der Waals surface area contributed by atoms with E-state index < -0.39 is 0 Å². The zero-order valence-corrected chi connectivity index (χ0v) is 12.6. The highest BCUT2D eigenvalue weighted by Gasteiger charge is 2.07. The van der Waals surface area contributed by atoms with Crippen LogP contribution in [0.2, 0.25) is 0 Å². The minimum Gasteiger partial charge on any atom is -0.394 e. The van der Waals surface area contributed by atoms with Crippen LogP contribution in [0.5, 0.6) is 0 Å². The molecule has 20 heavy (non-hydrogen) atoms. The molecule has 0 unspecified atom stereocenters. The summed E-state index contributed by atoms with van der Waals surface area (Å²) < 4.78 is 5.21. The van der Waals surface area contributed by atoms with E-state index in [-0.39, 0.29) is 6.61 Å². The van der Waals surface area contributed by atoms with E-state index in [1.165, 1.54) is 0 Å². The van der Waals surface area contributed by atoms with E-state index in [1.807, 2.05) is 13.0 Å². The summed E-state index contributed by atoms with van der Waals surface area (Å²) in [5, 5.41) is 15.1. The average Bonchev–Trinajstić information content (AvgIpc) is 2.43. The summed E-state index contributed by atoms with van der Waals surface area (Å²) >= 11 is 0. The Kier molecular flexibility index (Phi) is 7.91. The number of hydrogen-bond acceptors (Lipinski definition) is 6. The van der Waals surface area contributed by atoms with Gasteiger partial charge < -0.3 is 20.5 Å². The van der Waals surface area contributed by atoms with Crippen LogP contribution >= 0.6 is 0 Å². The van der Waals surface area contributed by atoms with Gasteiger partial charge in [-0.25, -0.2) is 9.97 Å². The second-order valence-electron chi connectivity index (χ2n) is 4.80. The van der Waals surface area contributed by atoms with Crippen molar-refractivity contribution in [2.24, 2.45) is 0 Å². The van der Waals surface area contributed by atoms with Gasteiger partial charge in [0, 0.05) is 31.7 Å². The number of aliphatic hydroxyl groups excluding tert-OH is 1. The molecule has 0 spiro atoms. The van der Waals surface area contributed by atoms with Crippen LogP contribution in [-0.4, -0.2) is 48.0 Å².